The molecule has 2 aromatic rings. The molecule has 1 aromatic carbocycles. The molecule has 0 fully saturated rings. The van der Waals surface area contributed by atoms with Crippen molar-refractivity contribution in [3.05, 3.63) is 45.9 Å². The minimum absolute atomic E-state index is 0.327. The second-order valence-corrected chi connectivity index (χ2v) is 7.07. The van der Waals surface area contributed by atoms with E-state index in [2.05, 4.69) is 9.88 Å². The van der Waals surface area contributed by atoms with Gasteiger partial charge in [-0.2, -0.15) is 0 Å². The third-order valence-corrected chi connectivity index (χ3v) is 5.39. The van der Waals surface area contributed by atoms with Crippen LogP contribution in [0, 0.1) is 0 Å². The predicted octanol–water partition coefficient (Wildman–Crippen LogP) is 3.73. The van der Waals surface area contributed by atoms with Crippen molar-refractivity contribution >= 4 is 39.9 Å². The molecule has 126 valence electrons. The van der Waals surface area contributed by atoms with Crippen molar-refractivity contribution in [2.75, 3.05) is 19.4 Å². The number of carbonyl (C=O) groups excluding carboxylic acids is 1. The minimum Gasteiger partial charge on any atom is -0.461 e. The van der Waals surface area contributed by atoms with Crippen LogP contribution in [0.1, 0.15) is 27.3 Å². The first-order chi connectivity index (χ1) is 11.7. The summed E-state index contributed by atoms with van der Waals surface area (Å²) >= 11 is 3.07. The molecule has 0 unspecified atom stereocenters. The largest absolute Gasteiger partial charge is 0.461 e. The normalized spacial score (nSPS) is 14.4. The van der Waals surface area contributed by atoms with Gasteiger partial charge < -0.3 is 9.64 Å². The third kappa shape index (κ3) is 3.79. The number of benzene rings is 1. The summed E-state index contributed by atoms with van der Waals surface area (Å²) in [6.45, 7) is 3.76. The number of fused-ring (bicyclic) bond motifs is 1. The Morgan fingerprint density at radius 1 is 1.42 bits per heavy atom. The topological polar surface area (TPSA) is 54.8 Å². The highest BCUT2D eigenvalue weighted by molar-refractivity contribution is 8.13. The molecule has 3 rings (SSSR count). The number of aromatic nitrogens is 1. The van der Waals surface area contributed by atoms with Gasteiger partial charge in [-0.3, -0.25) is 0 Å². The number of hydrogen-bond acceptors (Lipinski definition) is 6. The van der Waals surface area contributed by atoms with E-state index in [0.717, 1.165) is 40.9 Å². The Labute approximate surface area is 149 Å². The lowest BCUT2D eigenvalue weighted by Crippen LogP contribution is -2.33. The van der Waals surface area contributed by atoms with Gasteiger partial charge in [-0.05, 0) is 25.3 Å². The zero-order valence-electron chi connectivity index (χ0n) is 13.7. The van der Waals surface area contributed by atoms with Crippen molar-refractivity contribution in [2.45, 2.75) is 19.9 Å². The number of carbonyl (C=O) groups is 1. The summed E-state index contributed by atoms with van der Waals surface area (Å²) in [4.78, 5) is 24.4. The van der Waals surface area contributed by atoms with Gasteiger partial charge in [0.25, 0.3) is 0 Å². The zero-order valence-corrected chi connectivity index (χ0v) is 15.3. The molecule has 0 N–H and O–H groups in total. The third-order valence-electron chi connectivity index (χ3n) is 3.62. The van der Waals surface area contributed by atoms with Gasteiger partial charge in [0.15, 0.2) is 5.17 Å². The first-order valence-electron chi connectivity index (χ1n) is 7.79. The smallest absolute Gasteiger partial charge is 0.367 e. The average Bonchev–Trinajstić information content (AvgIpc) is 3.04. The zero-order chi connectivity index (χ0) is 16.9. The molecule has 1 aliphatic rings. The number of ether oxygens (including phenoxy) is 1. The predicted molar refractivity (Wildman–Crippen MR) is 99.2 cm³/mol. The van der Waals surface area contributed by atoms with Crippen molar-refractivity contribution in [1.29, 1.82) is 0 Å². The van der Waals surface area contributed by atoms with Crippen molar-refractivity contribution < 1.29 is 9.53 Å². The highest BCUT2D eigenvalue weighted by Gasteiger charge is 2.25. The summed E-state index contributed by atoms with van der Waals surface area (Å²) in [6, 6.07) is 9.95. The molecule has 0 atom stereocenters. The Kier molecular flexibility index (Phi) is 5.52. The molecule has 0 saturated heterocycles. The number of thioether (sulfide) groups is 1. The summed E-state index contributed by atoms with van der Waals surface area (Å²) in [7, 11) is 0. The SMILES string of the molecule is CCOC(=O)c1nc2c(s1)CN(/C(=N/c1ccccc1)SC)CC2. The van der Waals surface area contributed by atoms with Gasteiger partial charge in [-0.1, -0.05) is 30.0 Å². The van der Waals surface area contributed by atoms with E-state index in [4.69, 9.17) is 9.73 Å². The van der Waals surface area contributed by atoms with E-state index in [1.165, 1.54) is 11.3 Å². The molecular formula is C17H19N3O2S2. The Hall–Kier alpha value is -1.86. The number of para-hydroxylation sites is 1. The maximum atomic E-state index is 11.9. The molecule has 0 saturated carbocycles. The standard InChI is InChI=1S/C17H19N3O2S2/c1-3-22-16(21)15-19-13-9-10-20(11-14(13)24-15)17(23-2)18-12-7-5-4-6-8-12/h4-8H,3,9-11H2,1-2H3/b18-17-. The van der Waals surface area contributed by atoms with E-state index in [0.29, 0.717) is 11.6 Å². The lowest BCUT2D eigenvalue weighted by atomic mass is 10.2. The first kappa shape index (κ1) is 17.0. The molecular weight excluding hydrogens is 342 g/mol. The van der Waals surface area contributed by atoms with Crippen LogP contribution >= 0.6 is 23.1 Å². The monoisotopic (exact) mass is 361 g/mol. The van der Waals surface area contributed by atoms with Crippen molar-refractivity contribution in [2.24, 2.45) is 4.99 Å². The second kappa shape index (κ2) is 7.81. The molecule has 5 nitrogen and oxygen atoms in total. The number of hydrogen-bond donors (Lipinski definition) is 0. The molecule has 0 radical (unpaired) electrons. The van der Waals surface area contributed by atoms with Crippen LogP contribution in [0.3, 0.4) is 0 Å². The number of amidine groups is 1. The molecule has 0 aliphatic carbocycles. The number of rotatable bonds is 3. The molecule has 0 spiro atoms. The van der Waals surface area contributed by atoms with E-state index in [1.807, 2.05) is 36.6 Å². The molecule has 2 heterocycles. The van der Waals surface area contributed by atoms with Gasteiger partial charge in [0.1, 0.15) is 0 Å². The quantitative estimate of drug-likeness (QED) is 0.474. The number of thiazole rings is 1. The number of aliphatic imine (C=N–C) groups is 1. The molecule has 7 heteroatoms. The Bertz CT molecular complexity index is 744. The second-order valence-electron chi connectivity index (χ2n) is 5.21. The van der Waals surface area contributed by atoms with E-state index >= 15 is 0 Å². The average molecular weight is 361 g/mol. The minimum atomic E-state index is -0.327. The number of nitrogens with zero attached hydrogens (tertiary/aromatic N) is 3. The fourth-order valence-electron chi connectivity index (χ4n) is 2.50. The highest BCUT2D eigenvalue weighted by Crippen LogP contribution is 2.28. The van der Waals surface area contributed by atoms with Crippen LogP contribution in [0.25, 0.3) is 0 Å². The molecule has 1 aromatic heterocycles. The van der Waals surface area contributed by atoms with Gasteiger partial charge in [-0.25, -0.2) is 14.8 Å². The van der Waals surface area contributed by atoms with Crippen LogP contribution in [0.2, 0.25) is 0 Å². The van der Waals surface area contributed by atoms with Gasteiger partial charge >= 0.3 is 5.97 Å². The molecule has 0 bridgehead atoms. The van der Waals surface area contributed by atoms with Crippen LogP contribution in [0.4, 0.5) is 5.69 Å². The van der Waals surface area contributed by atoms with Crippen LogP contribution < -0.4 is 0 Å². The Balaban J connectivity index is 1.78. The summed E-state index contributed by atoms with van der Waals surface area (Å²) in [5.41, 5.74) is 1.96. The van der Waals surface area contributed by atoms with Crippen molar-refractivity contribution in [3.8, 4) is 0 Å². The summed E-state index contributed by atoms with van der Waals surface area (Å²) in [5, 5.41) is 1.44. The summed E-state index contributed by atoms with van der Waals surface area (Å²) < 4.78 is 5.05. The lowest BCUT2D eigenvalue weighted by Gasteiger charge is -2.28. The molecule has 24 heavy (non-hydrogen) atoms. The molecule has 1 aliphatic heterocycles. The maximum absolute atomic E-state index is 11.9. The van der Waals surface area contributed by atoms with Crippen LogP contribution in [-0.2, 0) is 17.7 Å². The van der Waals surface area contributed by atoms with Crippen LogP contribution in [0.5, 0.6) is 0 Å². The lowest BCUT2D eigenvalue weighted by molar-refractivity contribution is 0.0525. The first-order valence-corrected chi connectivity index (χ1v) is 9.83. The molecule has 0 amide bonds. The van der Waals surface area contributed by atoms with E-state index < -0.39 is 0 Å². The summed E-state index contributed by atoms with van der Waals surface area (Å²) in [5.74, 6) is -0.327. The highest BCUT2D eigenvalue weighted by atomic mass is 32.2. The van der Waals surface area contributed by atoms with Crippen molar-refractivity contribution in [3.63, 3.8) is 0 Å². The van der Waals surface area contributed by atoms with Crippen LogP contribution in [-0.4, -0.2) is 40.4 Å². The van der Waals surface area contributed by atoms with Gasteiger partial charge in [0.2, 0.25) is 5.01 Å². The van der Waals surface area contributed by atoms with Gasteiger partial charge in [0, 0.05) is 17.8 Å². The van der Waals surface area contributed by atoms with Crippen LogP contribution in [0.15, 0.2) is 35.3 Å². The fourth-order valence-corrected chi connectivity index (χ4v) is 4.13. The van der Waals surface area contributed by atoms with Gasteiger partial charge in [-0.15, -0.1) is 11.3 Å². The maximum Gasteiger partial charge on any atom is 0.367 e. The Morgan fingerprint density at radius 3 is 2.92 bits per heavy atom. The van der Waals surface area contributed by atoms with E-state index in [9.17, 15) is 4.79 Å². The fraction of sp³-hybridized carbons (Fsp3) is 0.353. The Morgan fingerprint density at radius 2 is 2.21 bits per heavy atom. The van der Waals surface area contributed by atoms with E-state index in [1.54, 1.807) is 18.7 Å². The number of esters is 1. The van der Waals surface area contributed by atoms with E-state index in [-0.39, 0.29) is 5.97 Å². The van der Waals surface area contributed by atoms with Gasteiger partial charge in [0.05, 0.1) is 24.5 Å². The summed E-state index contributed by atoms with van der Waals surface area (Å²) in [6.07, 6.45) is 2.85. The van der Waals surface area contributed by atoms with Crippen molar-refractivity contribution in [1.82, 2.24) is 9.88 Å².